The van der Waals surface area contributed by atoms with Crippen molar-refractivity contribution >= 4 is 5.91 Å². The molecule has 1 aromatic rings. The van der Waals surface area contributed by atoms with Crippen LogP contribution in [0, 0.1) is 5.92 Å². The largest absolute Gasteiger partial charge is 0.391 e. The zero-order valence-corrected chi connectivity index (χ0v) is 10.4. The minimum absolute atomic E-state index is 0.169. The van der Waals surface area contributed by atoms with Gasteiger partial charge < -0.3 is 10.4 Å². The molecule has 0 aliphatic rings. The van der Waals surface area contributed by atoms with E-state index in [2.05, 4.69) is 10.3 Å². The van der Waals surface area contributed by atoms with Crippen molar-refractivity contribution in [3.05, 3.63) is 30.1 Å². The Morgan fingerprint density at radius 1 is 1.35 bits per heavy atom. The molecule has 1 atom stereocenters. The summed E-state index contributed by atoms with van der Waals surface area (Å²) in [5, 5.41) is 12.6. The molecule has 1 heterocycles. The molecule has 0 aromatic carbocycles. The van der Waals surface area contributed by atoms with Gasteiger partial charge in [-0.3, -0.25) is 9.78 Å². The molecule has 0 aliphatic heterocycles. The maximum absolute atomic E-state index is 11.7. The molecule has 0 saturated carbocycles. The number of amides is 1. The monoisotopic (exact) mass is 236 g/mol. The second-order valence-corrected chi connectivity index (χ2v) is 4.09. The summed E-state index contributed by atoms with van der Waals surface area (Å²) in [4.78, 5) is 15.5. The van der Waals surface area contributed by atoms with Gasteiger partial charge >= 0.3 is 0 Å². The van der Waals surface area contributed by atoms with Crippen LogP contribution >= 0.6 is 0 Å². The molecule has 0 fully saturated rings. The van der Waals surface area contributed by atoms with E-state index >= 15 is 0 Å². The van der Waals surface area contributed by atoms with Crippen LogP contribution in [0.1, 0.15) is 37.0 Å². The van der Waals surface area contributed by atoms with Crippen molar-refractivity contribution in [3.63, 3.8) is 0 Å². The molecular formula is C13H20N2O2. The Hall–Kier alpha value is -1.42. The Morgan fingerprint density at radius 2 is 1.94 bits per heavy atom. The van der Waals surface area contributed by atoms with Crippen LogP contribution in [0.3, 0.4) is 0 Å². The highest BCUT2D eigenvalue weighted by atomic mass is 16.3. The summed E-state index contributed by atoms with van der Waals surface area (Å²) in [7, 11) is 0. The average Bonchev–Trinajstić information content (AvgIpc) is 2.38. The SMILES string of the molecule is CCC(CC)C(O)CNC(=O)c1ccncc1. The lowest BCUT2D eigenvalue weighted by molar-refractivity contribution is 0.0816. The molecule has 0 aliphatic carbocycles. The second kappa shape index (κ2) is 7.01. The lowest BCUT2D eigenvalue weighted by Crippen LogP contribution is -2.36. The highest BCUT2D eigenvalue weighted by Crippen LogP contribution is 2.12. The lowest BCUT2D eigenvalue weighted by Gasteiger charge is -2.20. The molecule has 4 nitrogen and oxygen atoms in total. The smallest absolute Gasteiger partial charge is 0.251 e. The van der Waals surface area contributed by atoms with Crippen LogP contribution in [-0.2, 0) is 0 Å². The molecule has 2 N–H and O–H groups in total. The minimum Gasteiger partial charge on any atom is -0.391 e. The van der Waals surface area contributed by atoms with E-state index in [1.54, 1.807) is 24.5 Å². The first-order valence-electron chi connectivity index (χ1n) is 6.05. The molecular weight excluding hydrogens is 216 g/mol. The molecule has 94 valence electrons. The number of aliphatic hydroxyl groups is 1. The topological polar surface area (TPSA) is 62.2 Å². The van der Waals surface area contributed by atoms with Gasteiger partial charge in [-0.2, -0.15) is 0 Å². The summed E-state index contributed by atoms with van der Waals surface area (Å²) in [6.45, 7) is 4.39. The number of aromatic nitrogens is 1. The van der Waals surface area contributed by atoms with E-state index in [-0.39, 0.29) is 11.8 Å². The van der Waals surface area contributed by atoms with Gasteiger partial charge in [-0.1, -0.05) is 26.7 Å². The highest BCUT2D eigenvalue weighted by molar-refractivity contribution is 5.93. The van der Waals surface area contributed by atoms with Crippen molar-refractivity contribution < 1.29 is 9.90 Å². The average molecular weight is 236 g/mol. The quantitative estimate of drug-likeness (QED) is 0.788. The number of nitrogens with one attached hydrogen (secondary N) is 1. The summed E-state index contributed by atoms with van der Waals surface area (Å²) in [6, 6.07) is 3.30. The van der Waals surface area contributed by atoms with Gasteiger partial charge in [-0.25, -0.2) is 0 Å². The standard InChI is InChI=1S/C13H20N2O2/c1-3-10(4-2)12(16)9-15-13(17)11-5-7-14-8-6-11/h5-8,10,12,16H,3-4,9H2,1-2H3,(H,15,17). The van der Waals surface area contributed by atoms with Crippen molar-refractivity contribution in [3.8, 4) is 0 Å². The van der Waals surface area contributed by atoms with Crippen LogP contribution in [-0.4, -0.2) is 28.6 Å². The first-order valence-corrected chi connectivity index (χ1v) is 6.05. The molecule has 0 bridgehead atoms. The predicted molar refractivity (Wildman–Crippen MR) is 66.6 cm³/mol. The van der Waals surface area contributed by atoms with Crippen LogP contribution in [0.25, 0.3) is 0 Å². The molecule has 1 amide bonds. The zero-order chi connectivity index (χ0) is 12.7. The Labute approximate surface area is 102 Å². The summed E-state index contributed by atoms with van der Waals surface area (Å²) >= 11 is 0. The fourth-order valence-electron chi connectivity index (χ4n) is 1.80. The predicted octanol–water partition coefficient (Wildman–Crippen LogP) is 1.61. The number of pyridine rings is 1. The van der Waals surface area contributed by atoms with Gasteiger partial charge in [0.2, 0.25) is 0 Å². The van der Waals surface area contributed by atoms with Crippen LogP contribution < -0.4 is 5.32 Å². The zero-order valence-electron chi connectivity index (χ0n) is 10.4. The third-order valence-electron chi connectivity index (χ3n) is 3.01. The number of aliphatic hydroxyl groups excluding tert-OH is 1. The van der Waals surface area contributed by atoms with Gasteiger partial charge in [0.1, 0.15) is 0 Å². The van der Waals surface area contributed by atoms with Crippen LogP contribution in [0.4, 0.5) is 0 Å². The molecule has 0 radical (unpaired) electrons. The lowest BCUT2D eigenvalue weighted by atomic mass is 9.96. The first kappa shape index (κ1) is 13.6. The highest BCUT2D eigenvalue weighted by Gasteiger charge is 2.16. The third-order valence-corrected chi connectivity index (χ3v) is 3.01. The van der Waals surface area contributed by atoms with Crippen molar-refractivity contribution in [2.24, 2.45) is 5.92 Å². The van der Waals surface area contributed by atoms with Crippen LogP contribution in [0.2, 0.25) is 0 Å². The van der Waals surface area contributed by atoms with Crippen molar-refractivity contribution in [2.75, 3.05) is 6.54 Å². The van der Waals surface area contributed by atoms with E-state index in [0.717, 1.165) is 12.8 Å². The Balaban J connectivity index is 2.43. The normalized spacial score (nSPS) is 12.5. The van der Waals surface area contributed by atoms with E-state index in [4.69, 9.17) is 0 Å². The maximum atomic E-state index is 11.7. The summed E-state index contributed by atoms with van der Waals surface area (Å²) in [5.41, 5.74) is 0.566. The van der Waals surface area contributed by atoms with E-state index in [0.29, 0.717) is 12.1 Å². The van der Waals surface area contributed by atoms with E-state index in [1.807, 2.05) is 13.8 Å². The van der Waals surface area contributed by atoms with Gasteiger partial charge in [0.15, 0.2) is 0 Å². The van der Waals surface area contributed by atoms with Gasteiger partial charge in [0, 0.05) is 24.5 Å². The number of nitrogens with zero attached hydrogens (tertiary/aromatic N) is 1. The minimum atomic E-state index is -0.476. The van der Waals surface area contributed by atoms with Crippen LogP contribution in [0.5, 0.6) is 0 Å². The molecule has 1 unspecified atom stereocenters. The fourth-order valence-corrected chi connectivity index (χ4v) is 1.80. The Kier molecular flexibility index (Phi) is 5.63. The van der Waals surface area contributed by atoms with Gasteiger partial charge in [-0.15, -0.1) is 0 Å². The number of hydrogen-bond acceptors (Lipinski definition) is 3. The van der Waals surface area contributed by atoms with Crippen molar-refractivity contribution in [1.29, 1.82) is 0 Å². The van der Waals surface area contributed by atoms with Gasteiger partial charge in [-0.05, 0) is 18.1 Å². The van der Waals surface area contributed by atoms with Crippen molar-refractivity contribution in [2.45, 2.75) is 32.8 Å². The Morgan fingerprint density at radius 3 is 2.47 bits per heavy atom. The van der Waals surface area contributed by atoms with Gasteiger partial charge in [0.25, 0.3) is 5.91 Å². The maximum Gasteiger partial charge on any atom is 0.251 e. The van der Waals surface area contributed by atoms with E-state index in [1.165, 1.54) is 0 Å². The second-order valence-electron chi connectivity index (χ2n) is 4.09. The number of carbonyl (C=O) groups excluding carboxylic acids is 1. The van der Waals surface area contributed by atoms with Crippen LogP contribution in [0.15, 0.2) is 24.5 Å². The molecule has 1 rings (SSSR count). The van der Waals surface area contributed by atoms with Gasteiger partial charge in [0.05, 0.1) is 6.10 Å². The number of rotatable bonds is 6. The molecule has 0 saturated heterocycles. The third kappa shape index (κ3) is 4.15. The molecule has 0 spiro atoms. The Bertz CT molecular complexity index is 337. The molecule has 4 heteroatoms. The molecule has 1 aromatic heterocycles. The number of carbonyl (C=O) groups is 1. The molecule has 17 heavy (non-hydrogen) atoms. The van der Waals surface area contributed by atoms with E-state index in [9.17, 15) is 9.90 Å². The number of hydrogen-bond donors (Lipinski definition) is 2. The van der Waals surface area contributed by atoms with Crippen molar-refractivity contribution in [1.82, 2.24) is 10.3 Å². The van der Waals surface area contributed by atoms with E-state index < -0.39 is 6.10 Å². The summed E-state index contributed by atoms with van der Waals surface area (Å²) < 4.78 is 0. The summed E-state index contributed by atoms with van der Waals surface area (Å²) in [6.07, 6.45) is 4.51. The first-order chi connectivity index (χ1) is 8.19. The fraction of sp³-hybridized carbons (Fsp3) is 0.538. The summed E-state index contributed by atoms with van der Waals surface area (Å²) in [5.74, 6) is 0.0742.